The molecule has 0 saturated carbocycles. The Morgan fingerprint density at radius 3 is 2.04 bits per heavy atom. The molecule has 5 aromatic rings. The highest BCUT2D eigenvalue weighted by Crippen LogP contribution is 2.37. The zero-order valence-electron chi connectivity index (χ0n) is 13.5. The van der Waals surface area contributed by atoms with Gasteiger partial charge in [0.25, 0.3) is 0 Å². The number of phenolic OH excluding ortho intramolecular Hbond substituents is 1. The van der Waals surface area contributed by atoms with Gasteiger partial charge in [-0.3, -0.25) is 0 Å². The van der Waals surface area contributed by atoms with E-state index in [4.69, 9.17) is 4.98 Å². The Morgan fingerprint density at radius 1 is 0.520 bits per heavy atom. The maximum absolute atomic E-state index is 10.2. The molecule has 118 valence electrons. The second-order valence-electron chi connectivity index (χ2n) is 6.20. The monoisotopic (exact) mass is 321 g/mol. The second kappa shape index (κ2) is 5.32. The number of hydrogen-bond acceptors (Lipinski definition) is 2. The van der Waals surface area contributed by atoms with Crippen molar-refractivity contribution in [1.82, 2.24) is 4.98 Å². The number of phenols is 1. The van der Waals surface area contributed by atoms with Crippen LogP contribution in [0.4, 0.5) is 0 Å². The molecule has 0 unspecified atom stereocenters. The van der Waals surface area contributed by atoms with E-state index in [1.54, 1.807) is 6.07 Å². The van der Waals surface area contributed by atoms with Gasteiger partial charge >= 0.3 is 0 Å². The van der Waals surface area contributed by atoms with Gasteiger partial charge in [0.1, 0.15) is 5.75 Å². The first kappa shape index (κ1) is 14.0. The minimum absolute atomic E-state index is 0.296. The van der Waals surface area contributed by atoms with Gasteiger partial charge in [-0.05, 0) is 22.9 Å². The summed E-state index contributed by atoms with van der Waals surface area (Å²) in [7, 11) is 0. The Kier molecular flexibility index (Phi) is 2.98. The van der Waals surface area contributed by atoms with Crippen LogP contribution in [0.25, 0.3) is 43.7 Å². The predicted molar refractivity (Wildman–Crippen MR) is 104 cm³/mol. The van der Waals surface area contributed by atoms with Crippen LogP contribution in [-0.4, -0.2) is 10.1 Å². The average Bonchev–Trinajstić information content (AvgIpc) is 2.67. The van der Waals surface area contributed by atoms with E-state index in [2.05, 4.69) is 30.3 Å². The Hall–Kier alpha value is -3.39. The first-order valence-electron chi connectivity index (χ1n) is 8.31. The molecule has 5 rings (SSSR count). The summed E-state index contributed by atoms with van der Waals surface area (Å²) < 4.78 is 0. The summed E-state index contributed by atoms with van der Waals surface area (Å²) in [6, 6.07) is 28.2. The lowest BCUT2D eigenvalue weighted by molar-refractivity contribution is 0.481. The second-order valence-corrected chi connectivity index (χ2v) is 6.20. The van der Waals surface area contributed by atoms with Crippen LogP contribution in [0.15, 0.2) is 84.9 Å². The third-order valence-electron chi connectivity index (χ3n) is 4.76. The molecule has 0 bridgehead atoms. The van der Waals surface area contributed by atoms with E-state index in [-0.39, 0.29) is 0 Å². The number of hydrogen-bond donors (Lipinski definition) is 1. The van der Waals surface area contributed by atoms with E-state index in [9.17, 15) is 5.11 Å². The molecule has 2 nitrogen and oxygen atoms in total. The largest absolute Gasteiger partial charge is 0.507 e. The number of aromatic hydroxyl groups is 1. The van der Waals surface area contributed by atoms with Crippen LogP contribution in [-0.2, 0) is 0 Å². The van der Waals surface area contributed by atoms with Crippen LogP contribution in [0, 0.1) is 0 Å². The number of aromatic nitrogens is 1. The summed E-state index contributed by atoms with van der Waals surface area (Å²) in [5, 5.41) is 15.5. The summed E-state index contributed by atoms with van der Waals surface area (Å²) in [6.07, 6.45) is 0. The fraction of sp³-hybridized carbons (Fsp3) is 0. The smallest absolute Gasteiger partial charge is 0.123 e. The van der Waals surface area contributed by atoms with E-state index in [0.29, 0.717) is 5.75 Å². The number of rotatable bonds is 1. The van der Waals surface area contributed by atoms with Crippen molar-refractivity contribution in [3.05, 3.63) is 84.9 Å². The topological polar surface area (TPSA) is 33.1 Å². The molecule has 0 fully saturated rings. The molecule has 0 aliphatic rings. The summed E-state index contributed by atoms with van der Waals surface area (Å²) >= 11 is 0. The van der Waals surface area contributed by atoms with Gasteiger partial charge < -0.3 is 5.11 Å². The Labute approximate surface area is 145 Å². The van der Waals surface area contributed by atoms with Crippen molar-refractivity contribution < 1.29 is 5.11 Å². The highest BCUT2D eigenvalue weighted by Gasteiger charge is 2.13. The molecule has 0 radical (unpaired) electrons. The van der Waals surface area contributed by atoms with Gasteiger partial charge in [0.2, 0.25) is 0 Å². The van der Waals surface area contributed by atoms with E-state index in [1.165, 1.54) is 5.39 Å². The van der Waals surface area contributed by atoms with Crippen LogP contribution >= 0.6 is 0 Å². The van der Waals surface area contributed by atoms with E-state index >= 15 is 0 Å². The third-order valence-corrected chi connectivity index (χ3v) is 4.76. The number of para-hydroxylation sites is 1. The zero-order chi connectivity index (χ0) is 16.8. The lowest BCUT2D eigenvalue weighted by Crippen LogP contribution is -1.90. The molecule has 1 N–H and O–H groups in total. The van der Waals surface area contributed by atoms with Crippen molar-refractivity contribution in [2.75, 3.05) is 0 Å². The molecule has 0 amide bonds. The molecule has 4 aromatic carbocycles. The minimum atomic E-state index is 0.296. The number of benzene rings is 4. The molecule has 0 aliphatic carbocycles. The minimum Gasteiger partial charge on any atom is -0.507 e. The molecule has 0 aliphatic heterocycles. The normalized spacial score (nSPS) is 11.4. The highest BCUT2D eigenvalue weighted by atomic mass is 16.3. The number of pyridine rings is 1. The number of fused-ring (bicyclic) bond motifs is 4. The maximum atomic E-state index is 10.2. The zero-order valence-corrected chi connectivity index (χ0v) is 13.5. The third kappa shape index (κ3) is 2.08. The summed E-state index contributed by atoms with van der Waals surface area (Å²) in [5.74, 6) is 0.296. The van der Waals surface area contributed by atoms with Gasteiger partial charge in [-0.15, -0.1) is 0 Å². The fourth-order valence-electron chi connectivity index (χ4n) is 3.61. The van der Waals surface area contributed by atoms with E-state index < -0.39 is 0 Å². The summed E-state index contributed by atoms with van der Waals surface area (Å²) in [4.78, 5) is 4.97. The van der Waals surface area contributed by atoms with E-state index in [0.717, 1.165) is 38.3 Å². The van der Waals surface area contributed by atoms with Gasteiger partial charge in [0, 0.05) is 21.7 Å². The van der Waals surface area contributed by atoms with Crippen LogP contribution in [0.5, 0.6) is 5.75 Å². The van der Waals surface area contributed by atoms with Gasteiger partial charge in [-0.25, -0.2) is 4.98 Å². The molecule has 1 heterocycles. The maximum Gasteiger partial charge on any atom is 0.123 e. The SMILES string of the molecule is Oc1cccc2c(-c3nc4ccccc4c4ccccc34)cccc12. The van der Waals surface area contributed by atoms with Crippen molar-refractivity contribution in [2.45, 2.75) is 0 Å². The van der Waals surface area contributed by atoms with Gasteiger partial charge in [-0.1, -0.05) is 72.8 Å². The Bertz CT molecular complexity index is 1260. The van der Waals surface area contributed by atoms with Crippen LogP contribution in [0.3, 0.4) is 0 Å². The lowest BCUT2D eigenvalue weighted by atomic mass is 9.96. The molecule has 1 aromatic heterocycles. The highest BCUT2D eigenvalue weighted by molar-refractivity contribution is 6.13. The first-order valence-corrected chi connectivity index (χ1v) is 8.31. The van der Waals surface area contributed by atoms with Crippen LogP contribution in [0.1, 0.15) is 0 Å². The van der Waals surface area contributed by atoms with Crippen molar-refractivity contribution in [3.8, 4) is 17.0 Å². The predicted octanol–water partition coefficient (Wildman–Crippen LogP) is 5.91. The summed E-state index contributed by atoms with van der Waals surface area (Å²) in [5.41, 5.74) is 2.97. The fourth-order valence-corrected chi connectivity index (χ4v) is 3.61. The molecular weight excluding hydrogens is 306 g/mol. The van der Waals surface area contributed by atoms with Gasteiger partial charge in [0.05, 0.1) is 11.2 Å². The lowest BCUT2D eigenvalue weighted by Gasteiger charge is -2.12. The van der Waals surface area contributed by atoms with Gasteiger partial charge in [0.15, 0.2) is 0 Å². The van der Waals surface area contributed by atoms with Crippen molar-refractivity contribution in [3.63, 3.8) is 0 Å². The average molecular weight is 321 g/mol. The van der Waals surface area contributed by atoms with Crippen LogP contribution < -0.4 is 0 Å². The Balaban J connectivity index is 1.97. The Morgan fingerprint density at radius 2 is 1.16 bits per heavy atom. The quantitative estimate of drug-likeness (QED) is 0.389. The van der Waals surface area contributed by atoms with Crippen molar-refractivity contribution in [1.29, 1.82) is 0 Å². The molecule has 0 saturated heterocycles. The standard InChI is InChI=1S/C23H15NO/c25-22-14-6-10-16-18(22)11-5-12-20(16)23-19-9-2-1-7-15(19)17-8-3-4-13-21(17)24-23/h1-14,25H. The van der Waals surface area contributed by atoms with E-state index in [1.807, 2.05) is 48.5 Å². The molecule has 0 atom stereocenters. The molecule has 0 spiro atoms. The molecule has 2 heteroatoms. The van der Waals surface area contributed by atoms with Crippen LogP contribution in [0.2, 0.25) is 0 Å². The van der Waals surface area contributed by atoms with Gasteiger partial charge in [-0.2, -0.15) is 0 Å². The molecular formula is C23H15NO. The van der Waals surface area contributed by atoms with Crippen molar-refractivity contribution in [2.24, 2.45) is 0 Å². The molecule has 25 heavy (non-hydrogen) atoms. The summed E-state index contributed by atoms with van der Waals surface area (Å²) in [6.45, 7) is 0. The van der Waals surface area contributed by atoms with Crippen molar-refractivity contribution >= 4 is 32.4 Å². The number of nitrogens with zero attached hydrogens (tertiary/aromatic N) is 1. The first-order chi connectivity index (χ1) is 12.3.